The molecule has 0 radical (unpaired) electrons. The summed E-state index contributed by atoms with van der Waals surface area (Å²) in [7, 11) is -4.59. The molecule has 0 aliphatic heterocycles. The fraction of sp³-hybridized carbons (Fsp3) is 1.00. The van der Waals surface area contributed by atoms with E-state index < -0.39 is 10.4 Å². The molecule has 0 heterocycles. The van der Waals surface area contributed by atoms with Gasteiger partial charge in [0.1, 0.15) is 0 Å². The van der Waals surface area contributed by atoms with Gasteiger partial charge in [0.25, 0.3) is 0 Å². The van der Waals surface area contributed by atoms with Crippen LogP contribution in [0.3, 0.4) is 0 Å². The van der Waals surface area contributed by atoms with Crippen LogP contribution < -0.4 is 51.4 Å². The molecular weight excluding hydrogens is 616 g/mol. The Kier molecular flexibility index (Phi) is 44.2. The molecular formula is C40H81KO4S. The van der Waals surface area contributed by atoms with Crippen molar-refractivity contribution in [3.05, 3.63) is 0 Å². The third kappa shape index (κ3) is 43.5. The summed E-state index contributed by atoms with van der Waals surface area (Å²) in [5.74, 6) is 0.196. The zero-order valence-corrected chi connectivity index (χ0v) is 35.7. The Labute approximate surface area is 333 Å². The van der Waals surface area contributed by atoms with Crippen LogP contribution in [0, 0.1) is 5.92 Å². The van der Waals surface area contributed by atoms with Crippen LogP contribution >= 0.6 is 0 Å². The molecule has 4 nitrogen and oxygen atoms in total. The molecule has 0 aromatic rings. The van der Waals surface area contributed by atoms with Gasteiger partial charge in [-0.2, -0.15) is 0 Å². The quantitative estimate of drug-likeness (QED) is 0.0278. The van der Waals surface area contributed by atoms with E-state index >= 15 is 0 Å². The van der Waals surface area contributed by atoms with Gasteiger partial charge in [0.15, 0.2) is 0 Å². The molecule has 0 bridgehead atoms. The molecule has 0 aliphatic carbocycles. The van der Waals surface area contributed by atoms with Crippen molar-refractivity contribution < 1.29 is 68.5 Å². The van der Waals surface area contributed by atoms with E-state index in [1.165, 1.54) is 205 Å². The Bertz CT molecular complexity index is 620. The number of unbranched alkanes of at least 4 members (excludes halogenated alkanes) is 32. The van der Waals surface area contributed by atoms with Gasteiger partial charge in [-0.15, -0.1) is 0 Å². The normalized spacial score (nSPS) is 11.8. The molecule has 0 saturated carbocycles. The Morgan fingerprint density at radius 2 is 0.587 bits per heavy atom. The maximum atomic E-state index is 11.0. The van der Waals surface area contributed by atoms with Gasteiger partial charge >= 0.3 is 51.4 Å². The summed E-state index contributed by atoms with van der Waals surface area (Å²) in [6, 6.07) is 0. The Balaban J connectivity index is 0. The van der Waals surface area contributed by atoms with Gasteiger partial charge in [0, 0.05) is 0 Å². The minimum Gasteiger partial charge on any atom is -0.726 e. The molecule has 272 valence electrons. The van der Waals surface area contributed by atoms with Crippen LogP contribution in [0.2, 0.25) is 0 Å². The summed E-state index contributed by atoms with van der Waals surface area (Å²) in [6.07, 6.45) is 48.3. The number of hydrogen-bond donors (Lipinski definition) is 0. The van der Waals surface area contributed by atoms with Crippen molar-refractivity contribution in [2.75, 3.05) is 6.61 Å². The van der Waals surface area contributed by atoms with E-state index in [1.807, 2.05) is 0 Å². The van der Waals surface area contributed by atoms with Gasteiger partial charge in [0.05, 0.1) is 6.61 Å². The smallest absolute Gasteiger partial charge is 0.726 e. The second-order valence-corrected chi connectivity index (χ2v) is 15.5. The first kappa shape index (κ1) is 49.6. The van der Waals surface area contributed by atoms with Crippen LogP contribution in [0.4, 0.5) is 0 Å². The van der Waals surface area contributed by atoms with E-state index in [-0.39, 0.29) is 63.9 Å². The molecule has 0 spiro atoms. The largest absolute Gasteiger partial charge is 1.00 e. The molecule has 0 saturated heterocycles. The Hall–Kier alpha value is 1.51. The SMILES string of the molecule is CCCCCCCCCCCCCCCCCCCC(CCCCCCCCCCCCCCCCCCC)COS(=O)(=O)[O-].[K+]. The number of rotatable bonds is 39. The van der Waals surface area contributed by atoms with E-state index in [4.69, 9.17) is 0 Å². The van der Waals surface area contributed by atoms with Crippen molar-refractivity contribution >= 4 is 10.4 Å². The molecule has 0 fully saturated rings. The molecule has 0 aliphatic rings. The van der Waals surface area contributed by atoms with Crippen molar-refractivity contribution in [2.45, 2.75) is 245 Å². The van der Waals surface area contributed by atoms with E-state index in [0.29, 0.717) is 0 Å². The molecule has 46 heavy (non-hydrogen) atoms. The maximum Gasteiger partial charge on any atom is 1.00 e. The van der Waals surface area contributed by atoms with Crippen molar-refractivity contribution in [1.29, 1.82) is 0 Å². The zero-order chi connectivity index (χ0) is 32.9. The van der Waals surface area contributed by atoms with Crippen molar-refractivity contribution in [3.8, 4) is 0 Å². The average Bonchev–Trinajstić information content (AvgIpc) is 3.02. The standard InChI is InChI=1S/C40H82O4S.K/c1-3-5-7-9-11-13-15-17-19-21-23-25-27-29-31-33-35-37-40(39-44-45(41,42)43)38-36-34-32-30-28-26-24-22-20-18-16-14-12-10-8-6-4-2;/h40H,3-39H2,1-2H3,(H,41,42,43);/q;+1/p-1. The van der Waals surface area contributed by atoms with Crippen LogP contribution in [0.25, 0.3) is 0 Å². The summed E-state index contributed by atoms with van der Waals surface area (Å²) < 4.78 is 37.7. The van der Waals surface area contributed by atoms with Crippen molar-refractivity contribution in [2.24, 2.45) is 5.92 Å². The van der Waals surface area contributed by atoms with Gasteiger partial charge in [-0.1, -0.05) is 232 Å². The van der Waals surface area contributed by atoms with Crippen LogP contribution in [-0.2, 0) is 14.6 Å². The van der Waals surface area contributed by atoms with Gasteiger partial charge in [-0.3, -0.25) is 4.18 Å². The minimum absolute atomic E-state index is 0. The Morgan fingerprint density at radius 3 is 0.783 bits per heavy atom. The summed E-state index contributed by atoms with van der Waals surface area (Å²) in [6.45, 7) is 4.64. The average molecular weight is 697 g/mol. The van der Waals surface area contributed by atoms with Crippen molar-refractivity contribution in [3.63, 3.8) is 0 Å². The summed E-state index contributed by atoms with van der Waals surface area (Å²) >= 11 is 0. The van der Waals surface area contributed by atoms with Crippen LogP contribution in [0.15, 0.2) is 0 Å². The molecule has 0 unspecified atom stereocenters. The fourth-order valence-electron chi connectivity index (χ4n) is 6.81. The second-order valence-electron chi connectivity index (χ2n) is 14.4. The fourth-order valence-corrected chi connectivity index (χ4v) is 7.17. The summed E-state index contributed by atoms with van der Waals surface area (Å²) in [5, 5.41) is 0. The van der Waals surface area contributed by atoms with E-state index in [9.17, 15) is 13.0 Å². The molecule has 0 aromatic heterocycles. The molecule has 0 rings (SSSR count). The Morgan fingerprint density at radius 1 is 0.391 bits per heavy atom. The first-order valence-corrected chi connectivity index (χ1v) is 21.9. The van der Waals surface area contributed by atoms with Crippen LogP contribution in [0.5, 0.6) is 0 Å². The monoisotopic (exact) mass is 697 g/mol. The van der Waals surface area contributed by atoms with Crippen LogP contribution in [0.1, 0.15) is 245 Å². The minimum atomic E-state index is -4.59. The molecule has 0 amide bonds. The first-order chi connectivity index (χ1) is 22.0. The van der Waals surface area contributed by atoms with E-state index in [1.54, 1.807) is 0 Å². The zero-order valence-electron chi connectivity index (χ0n) is 31.8. The third-order valence-electron chi connectivity index (χ3n) is 9.88. The molecule has 0 aromatic carbocycles. The van der Waals surface area contributed by atoms with Gasteiger partial charge in [0.2, 0.25) is 10.4 Å². The third-order valence-corrected chi connectivity index (χ3v) is 10.3. The van der Waals surface area contributed by atoms with E-state index in [0.717, 1.165) is 25.7 Å². The van der Waals surface area contributed by atoms with Gasteiger partial charge in [-0.25, -0.2) is 8.42 Å². The predicted molar refractivity (Wildman–Crippen MR) is 197 cm³/mol. The second kappa shape index (κ2) is 40.9. The van der Waals surface area contributed by atoms with Gasteiger partial charge < -0.3 is 4.55 Å². The topological polar surface area (TPSA) is 66.4 Å². The maximum absolute atomic E-state index is 11.0. The summed E-state index contributed by atoms with van der Waals surface area (Å²) in [4.78, 5) is 0. The first-order valence-electron chi connectivity index (χ1n) is 20.6. The molecule has 6 heteroatoms. The van der Waals surface area contributed by atoms with Crippen molar-refractivity contribution in [1.82, 2.24) is 0 Å². The number of hydrogen-bond acceptors (Lipinski definition) is 4. The van der Waals surface area contributed by atoms with Gasteiger partial charge in [-0.05, 0) is 18.8 Å². The molecule has 0 N–H and O–H groups in total. The van der Waals surface area contributed by atoms with E-state index in [2.05, 4.69) is 18.0 Å². The molecule has 0 atom stereocenters. The predicted octanol–water partition coefficient (Wildman–Crippen LogP) is 11.2. The summed E-state index contributed by atoms with van der Waals surface area (Å²) in [5.41, 5.74) is 0. The van der Waals surface area contributed by atoms with Crippen LogP contribution in [-0.4, -0.2) is 19.6 Å².